The summed E-state index contributed by atoms with van der Waals surface area (Å²) in [5, 5.41) is 0.370. The van der Waals surface area contributed by atoms with Gasteiger partial charge in [0.15, 0.2) is 5.75 Å². The molecule has 7 heteroatoms. The summed E-state index contributed by atoms with van der Waals surface area (Å²) < 4.78 is 7.94. The number of benzene rings is 2. The standard InChI is InChI=1S/C19H20N4O3/c1-26-17-14(12-4-2-3-11(9-12)10-20)7-8-15-16(17)22(13-5-6-13)19(25)23(21)18(15)24/h2-4,7-9,13H,5-6,10,20-21H2,1H3. The van der Waals surface area contributed by atoms with Crippen molar-refractivity contribution >= 4 is 10.9 Å². The molecule has 1 aliphatic carbocycles. The third-order valence-corrected chi connectivity index (χ3v) is 4.82. The molecule has 134 valence electrons. The van der Waals surface area contributed by atoms with E-state index in [4.69, 9.17) is 16.3 Å². The topological polar surface area (TPSA) is 105 Å². The molecule has 0 atom stereocenters. The summed E-state index contributed by atoms with van der Waals surface area (Å²) in [6, 6.07) is 11.4. The fourth-order valence-corrected chi connectivity index (χ4v) is 3.38. The van der Waals surface area contributed by atoms with Gasteiger partial charge in [-0.05, 0) is 42.2 Å². The lowest BCUT2D eigenvalue weighted by Crippen LogP contribution is -2.44. The molecule has 26 heavy (non-hydrogen) atoms. The van der Waals surface area contributed by atoms with Crippen LogP contribution in [-0.4, -0.2) is 16.4 Å². The van der Waals surface area contributed by atoms with Crippen molar-refractivity contribution in [2.75, 3.05) is 13.0 Å². The molecule has 2 aromatic carbocycles. The first-order valence-corrected chi connectivity index (χ1v) is 8.49. The second kappa shape index (κ2) is 6.03. The van der Waals surface area contributed by atoms with E-state index >= 15 is 0 Å². The summed E-state index contributed by atoms with van der Waals surface area (Å²) in [4.78, 5) is 25.1. The van der Waals surface area contributed by atoms with E-state index in [9.17, 15) is 9.59 Å². The maximum absolute atomic E-state index is 12.6. The molecule has 1 fully saturated rings. The van der Waals surface area contributed by atoms with Crippen LogP contribution in [0.1, 0.15) is 24.4 Å². The van der Waals surface area contributed by atoms with Gasteiger partial charge in [-0.15, -0.1) is 0 Å². The van der Waals surface area contributed by atoms with E-state index in [0.717, 1.165) is 29.5 Å². The molecule has 0 unspecified atom stereocenters. The Bertz CT molecular complexity index is 1130. The quantitative estimate of drug-likeness (QED) is 0.690. The highest BCUT2D eigenvalue weighted by Gasteiger charge is 2.30. The largest absolute Gasteiger partial charge is 0.494 e. The van der Waals surface area contributed by atoms with Crippen molar-refractivity contribution in [2.45, 2.75) is 25.4 Å². The normalized spacial score (nSPS) is 13.9. The summed E-state index contributed by atoms with van der Waals surface area (Å²) in [5.74, 6) is 6.21. The van der Waals surface area contributed by atoms with Crippen LogP contribution < -0.4 is 27.6 Å². The second-order valence-corrected chi connectivity index (χ2v) is 6.51. The Morgan fingerprint density at radius 3 is 2.62 bits per heavy atom. The number of nitrogens with two attached hydrogens (primary N) is 2. The lowest BCUT2D eigenvalue weighted by atomic mass is 10.00. The van der Waals surface area contributed by atoms with Gasteiger partial charge in [-0.3, -0.25) is 9.36 Å². The molecule has 7 nitrogen and oxygen atoms in total. The fraction of sp³-hybridized carbons (Fsp3) is 0.263. The number of methoxy groups -OCH3 is 1. The first kappa shape index (κ1) is 16.4. The molecular formula is C19H20N4O3. The van der Waals surface area contributed by atoms with Crippen LogP contribution in [0, 0.1) is 0 Å². The van der Waals surface area contributed by atoms with Gasteiger partial charge in [-0.25, -0.2) is 4.79 Å². The molecule has 4 N–H and O–H groups in total. The van der Waals surface area contributed by atoms with Crippen LogP contribution in [0.2, 0.25) is 0 Å². The third-order valence-electron chi connectivity index (χ3n) is 4.82. The van der Waals surface area contributed by atoms with Gasteiger partial charge in [0.05, 0.1) is 12.5 Å². The van der Waals surface area contributed by atoms with E-state index in [1.165, 1.54) is 0 Å². The van der Waals surface area contributed by atoms with Crippen LogP contribution in [0.3, 0.4) is 0 Å². The molecule has 4 rings (SSSR count). The van der Waals surface area contributed by atoms with Crippen LogP contribution >= 0.6 is 0 Å². The molecule has 1 heterocycles. The van der Waals surface area contributed by atoms with Gasteiger partial charge in [0.1, 0.15) is 5.52 Å². The molecule has 0 spiro atoms. The monoisotopic (exact) mass is 352 g/mol. The summed E-state index contributed by atoms with van der Waals surface area (Å²) >= 11 is 0. The van der Waals surface area contributed by atoms with E-state index in [0.29, 0.717) is 27.9 Å². The number of rotatable bonds is 4. The zero-order valence-electron chi connectivity index (χ0n) is 14.4. The number of nitrogen functional groups attached to an aromatic ring is 1. The van der Waals surface area contributed by atoms with Crippen LogP contribution in [0.25, 0.3) is 22.0 Å². The molecule has 0 saturated heterocycles. The Kier molecular flexibility index (Phi) is 3.81. The predicted molar refractivity (Wildman–Crippen MR) is 101 cm³/mol. The van der Waals surface area contributed by atoms with Crippen molar-refractivity contribution in [2.24, 2.45) is 5.73 Å². The van der Waals surface area contributed by atoms with Crippen molar-refractivity contribution in [3.8, 4) is 16.9 Å². The Hall–Kier alpha value is -3.06. The number of hydrogen-bond acceptors (Lipinski definition) is 5. The van der Waals surface area contributed by atoms with Crippen LogP contribution in [0.4, 0.5) is 0 Å². The van der Waals surface area contributed by atoms with Gasteiger partial charge >= 0.3 is 5.69 Å². The zero-order valence-corrected chi connectivity index (χ0v) is 14.4. The van der Waals surface area contributed by atoms with Gasteiger partial charge in [0, 0.05) is 18.2 Å². The summed E-state index contributed by atoms with van der Waals surface area (Å²) in [5.41, 5.74) is 7.92. The zero-order chi connectivity index (χ0) is 18.4. The summed E-state index contributed by atoms with van der Waals surface area (Å²) in [6.07, 6.45) is 1.76. The van der Waals surface area contributed by atoms with Gasteiger partial charge in [-0.2, -0.15) is 4.68 Å². The van der Waals surface area contributed by atoms with Crippen molar-refractivity contribution in [3.63, 3.8) is 0 Å². The highest BCUT2D eigenvalue weighted by atomic mass is 16.5. The van der Waals surface area contributed by atoms with E-state index in [-0.39, 0.29) is 6.04 Å². The third kappa shape index (κ3) is 2.40. The van der Waals surface area contributed by atoms with Crippen molar-refractivity contribution < 1.29 is 4.74 Å². The van der Waals surface area contributed by atoms with Gasteiger partial charge < -0.3 is 16.3 Å². The Labute approximate surface area is 149 Å². The molecule has 0 bridgehead atoms. The predicted octanol–water partition coefficient (Wildman–Crippen LogP) is 1.35. The summed E-state index contributed by atoms with van der Waals surface area (Å²) in [7, 11) is 1.54. The number of hydrogen-bond donors (Lipinski definition) is 2. The van der Waals surface area contributed by atoms with Gasteiger partial charge in [0.25, 0.3) is 5.56 Å². The van der Waals surface area contributed by atoms with Crippen LogP contribution in [0.15, 0.2) is 46.0 Å². The Balaban J connectivity index is 2.12. The molecule has 1 aliphatic rings. The van der Waals surface area contributed by atoms with Crippen molar-refractivity contribution in [3.05, 3.63) is 62.8 Å². The highest BCUT2D eigenvalue weighted by Crippen LogP contribution is 2.41. The van der Waals surface area contributed by atoms with Crippen molar-refractivity contribution in [1.29, 1.82) is 0 Å². The SMILES string of the molecule is COc1c(-c2cccc(CN)c2)ccc2c(=O)n(N)c(=O)n(C3CC3)c12. The summed E-state index contributed by atoms with van der Waals surface area (Å²) in [6.45, 7) is 0.425. The number of fused-ring (bicyclic) bond motifs is 1. The van der Waals surface area contributed by atoms with E-state index < -0.39 is 11.2 Å². The molecule has 0 aliphatic heterocycles. The van der Waals surface area contributed by atoms with E-state index in [1.54, 1.807) is 17.7 Å². The number of nitrogens with zero attached hydrogens (tertiary/aromatic N) is 2. The van der Waals surface area contributed by atoms with E-state index in [1.807, 2.05) is 30.3 Å². The smallest absolute Gasteiger partial charge is 0.350 e. The molecule has 1 aromatic heterocycles. The lowest BCUT2D eigenvalue weighted by molar-refractivity contribution is 0.417. The van der Waals surface area contributed by atoms with Gasteiger partial charge in [0.2, 0.25) is 0 Å². The van der Waals surface area contributed by atoms with Crippen LogP contribution in [-0.2, 0) is 6.54 Å². The van der Waals surface area contributed by atoms with Crippen molar-refractivity contribution in [1.82, 2.24) is 9.24 Å². The van der Waals surface area contributed by atoms with E-state index in [2.05, 4.69) is 0 Å². The minimum absolute atomic E-state index is 0.0416. The molecule has 1 saturated carbocycles. The van der Waals surface area contributed by atoms with Crippen LogP contribution in [0.5, 0.6) is 5.75 Å². The second-order valence-electron chi connectivity index (χ2n) is 6.51. The Morgan fingerprint density at radius 2 is 1.96 bits per heavy atom. The fourth-order valence-electron chi connectivity index (χ4n) is 3.38. The average Bonchev–Trinajstić information content (AvgIpc) is 3.50. The van der Waals surface area contributed by atoms with Gasteiger partial charge in [-0.1, -0.05) is 18.2 Å². The first-order chi connectivity index (χ1) is 12.6. The molecular weight excluding hydrogens is 332 g/mol. The number of aromatic nitrogens is 2. The minimum atomic E-state index is -0.526. The minimum Gasteiger partial charge on any atom is -0.494 e. The number of ether oxygens (including phenoxy) is 1. The molecule has 3 aromatic rings. The maximum Gasteiger partial charge on any atom is 0.350 e. The average molecular weight is 352 g/mol. The maximum atomic E-state index is 12.6. The molecule has 0 amide bonds. The Morgan fingerprint density at radius 1 is 1.19 bits per heavy atom. The lowest BCUT2D eigenvalue weighted by Gasteiger charge is -2.17. The highest BCUT2D eigenvalue weighted by molar-refractivity contribution is 5.92. The first-order valence-electron chi connectivity index (χ1n) is 8.49. The molecule has 0 radical (unpaired) electrons.